The molecule has 0 aliphatic rings. The molecule has 0 atom stereocenters. The fourth-order valence-electron chi connectivity index (χ4n) is 2.30. The molecule has 2 aromatic heterocycles. The molecule has 3 aromatic rings. The van der Waals surface area contributed by atoms with E-state index in [1.165, 1.54) is 11.3 Å². The number of alkyl halides is 3. The summed E-state index contributed by atoms with van der Waals surface area (Å²) in [7, 11) is 0. The Morgan fingerprint density at radius 1 is 1.04 bits per heavy atom. The smallest absolute Gasteiger partial charge is 0.357 e. The Balaban J connectivity index is 1.61. The van der Waals surface area contributed by atoms with Gasteiger partial charge in [-0.05, 0) is 6.92 Å². The molecule has 0 aliphatic carbocycles. The third-order valence-electron chi connectivity index (χ3n) is 3.59. The highest BCUT2D eigenvalue weighted by Gasteiger charge is 2.33. The number of hydrogen-bond acceptors (Lipinski definition) is 5. The molecular weight excluding hydrogens is 407 g/mol. The van der Waals surface area contributed by atoms with Crippen molar-refractivity contribution < 1.29 is 13.2 Å². The molecule has 0 unspecified atom stereocenters. The van der Waals surface area contributed by atoms with Crippen molar-refractivity contribution in [2.45, 2.75) is 26.2 Å². The van der Waals surface area contributed by atoms with Gasteiger partial charge in [0.15, 0.2) is 11.7 Å². The van der Waals surface area contributed by atoms with Crippen molar-refractivity contribution >= 4 is 28.6 Å². The van der Waals surface area contributed by atoms with Gasteiger partial charge in [-0.15, -0.1) is 22.7 Å². The van der Waals surface area contributed by atoms with Crippen LogP contribution in [0.15, 0.2) is 46.1 Å². The summed E-state index contributed by atoms with van der Waals surface area (Å²) in [5, 5.41) is 10.4. The summed E-state index contributed by atoms with van der Waals surface area (Å²) < 4.78 is 37.9. The molecule has 0 radical (unpaired) electrons. The van der Waals surface area contributed by atoms with Crippen molar-refractivity contribution in [2.24, 2.45) is 4.99 Å². The van der Waals surface area contributed by atoms with Crippen molar-refractivity contribution in [1.82, 2.24) is 20.6 Å². The van der Waals surface area contributed by atoms with Gasteiger partial charge in [-0.1, -0.05) is 30.3 Å². The first-order chi connectivity index (χ1) is 13.5. The maximum absolute atomic E-state index is 12.6. The van der Waals surface area contributed by atoms with E-state index in [2.05, 4.69) is 25.6 Å². The van der Waals surface area contributed by atoms with Crippen LogP contribution in [0.25, 0.3) is 11.3 Å². The maximum atomic E-state index is 12.6. The van der Waals surface area contributed by atoms with Crippen molar-refractivity contribution in [3.05, 3.63) is 56.8 Å². The Labute approximate surface area is 168 Å². The van der Waals surface area contributed by atoms with Crippen molar-refractivity contribution in [3.63, 3.8) is 0 Å². The van der Waals surface area contributed by atoms with E-state index >= 15 is 0 Å². The van der Waals surface area contributed by atoms with Crippen LogP contribution in [0.4, 0.5) is 13.2 Å². The molecule has 0 aliphatic heterocycles. The number of thiazole rings is 2. The number of aromatic nitrogens is 2. The summed E-state index contributed by atoms with van der Waals surface area (Å²) in [4.78, 5) is 12.5. The van der Waals surface area contributed by atoms with Crippen LogP contribution in [0, 0.1) is 0 Å². The number of aliphatic imine (C=N–C) groups is 1. The van der Waals surface area contributed by atoms with Crippen LogP contribution in [-0.2, 0) is 19.3 Å². The van der Waals surface area contributed by atoms with E-state index in [0.29, 0.717) is 24.1 Å². The van der Waals surface area contributed by atoms with Crippen LogP contribution in [0.5, 0.6) is 0 Å². The van der Waals surface area contributed by atoms with Crippen LogP contribution in [-0.4, -0.2) is 22.5 Å². The molecule has 148 valence electrons. The van der Waals surface area contributed by atoms with Gasteiger partial charge in [-0.25, -0.2) is 15.0 Å². The zero-order valence-corrected chi connectivity index (χ0v) is 16.6. The standard InChI is InChI=1S/C18H18F3N5S2/c1-2-22-17(24-9-16-26-14(11-28-16)18(19,20)21)23-8-15-25-13(10-27-15)12-6-4-3-5-7-12/h3-7,10-11H,2,8-9H2,1H3,(H2,22,23,24). The third kappa shape index (κ3) is 5.52. The van der Waals surface area contributed by atoms with Gasteiger partial charge < -0.3 is 10.6 Å². The van der Waals surface area contributed by atoms with Crippen LogP contribution >= 0.6 is 22.7 Å². The van der Waals surface area contributed by atoms with E-state index in [0.717, 1.165) is 33.0 Å². The lowest BCUT2D eigenvalue weighted by Gasteiger charge is -2.09. The summed E-state index contributed by atoms with van der Waals surface area (Å²) in [6, 6.07) is 9.89. The minimum atomic E-state index is -4.43. The molecular formula is C18H18F3N5S2. The van der Waals surface area contributed by atoms with E-state index in [-0.39, 0.29) is 6.54 Å². The van der Waals surface area contributed by atoms with Gasteiger partial charge >= 0.3 is 6.18 Å². The summed E-state index contributed by atoms with van der Waals surface area (Å²) >= 11 is 2.48. The van der Waals surface area contributed by atoms with Crippen molar-refractivity contribution in [2.75, 3.05) is 6.54 Å². The summed E-state index contributed by atoms with van der Waals surface area (Å²) in [5.41, 5.74) is 1.08. The monoisotopic (exact) mass is 425 g/mol. The maximum Gasteiger partial charge on any atom is 0.434 e. The Morgan fingerprint density at radius 3 is 2.46 bits per heavy atom. The van der Waals surface area contributed by atoms with Crippen LogP contribution in [0.2, 0.25) is 0 Å². The molecule has 2 heterocycles. The average molecular weight is 426 g/mol. The molecule has 0 amide bonds. The molecule has 3 rings (SSSR count). The highest BCUT2D eigenvalue weighted by molar-refractivity contribution is 7.10. The molecule has 2 N–H and O–H groups in total. The number of halogens is 3. The third-order valence-corrected chi connectivity index (χ3v) is 5.27. The second kappa shape index (κ2) is 9.16. The van der Waals surface area contributed by atoms with Gasteiger partial charge in [0.05, 0.1) is 18.8 Å². The van der Waals surface area contributed by atoms with E-state index in [1.54, 1.807) is 0 Å². The molecule has 0 bridgehead atoms. The minimum Gasteiger partial charge on any atom is -0.357 e. The minimum absolute atomic E-state index is 0.0726. The van der Waals surface area contributed by atoms with E-state index in [9.17, 15) is 13.2 Å². The number of nitrogens with zero attached hydrogens (tertiary/aromatic N) is 3. The Hall–Kier alpha value is -2.46. The summed E-state index contributed by atoms with van der Waals surface area (Å²) in [5.74, 6) is 0.503. The zero-order chi connectivity index (χ0) is 20.0. The number of guanidine groups is 1. The molecule has 1 aromatic carbocycles. The van der Waals surface area contributed by atoms with Crippen molar-refractivity contribution in [1.29, 1.82) is 0 Å². The first kappa shape index (κ1) is 20.3. The lowest BCUT2D eigenvalue weighted by Crippen LogP contribution is -2.36. The molecule has 0 saturated heterocycles. The van der Waals surface area contributed by atoms with Gasteiger partial charge in [0.2, 0.25) is 0 Å². The first-order valence-corrected chi connectivity index (χ1v) is 10.2. The molecule has 10 heteroatoms. The van der Waals surface area contributed by atoms with Gasteiger partial charge in [0.25, 0.3) is 0 Å². The van der Waals surface area contributed by atoms with E-state index in [4.69, 9.17) is 0 Å². The average Bonchev–Trinajstić information content (AvgIpc) is 3.34. The number of hydrogen-bond donors (Lipinski definition) is 2. The lowest BCUT2D eigenvalue weighted by molar-refractivity contribution is -0.140. The van der Waals surface area contributed by atoms with Crippen LogP contribution in [0.1, 0.15) is 22.6 Å². The van der Waals surface area contributed by atoms with Crippen LogP contribution < -0.4 is 10.6 Å². The quantitative estimate of drug-likeness (QED) is 0.450. The molecule has 0 spiro atoms. The van der Waals surface area contributed by atoms with Gasteiger partial charge in [-0.3, -0.25) is 0 Å². The zero-order valence-electron chi connectivity index (χ0n) is 15.0. The second-order valence-corrected chi connectivity index (χ2v) is 7.55. The number of nitrogens with one attached hydrogen (secondary N) is 2. The predicted octanol–water partition coefficient (Wildman–Crippen LogP) is 4.54. The Bertz CT molecular complexity index is 919. The fourth-order valence-corrected chi connectivity index (χ4v) is 3.76. The van der Waals surface area contributed by atoms with Gasteiger partial charge in [0.1, 0.15) is 10.0 Å². The largest absolute Gasteiger partial charge is 0.434 e. The summed E-state index contributed by atoms with van der Waals surface area (Å²) in [6.45, 7) is 3.09. The molecule has 0 saturated carbocycles. The van der Waals surface area contributed by atoms with Crippen molar-refractivity contribution in [3.8, 4) is 11.3 Å². The Morgan fingerprint density at radius 2 is 1.79 bits per heavy atom. The highest BCUT2D eigenvalue weighted by Crippen LogP contribution is 2.30. The second-order valence-electron chi connectivity index (χ2n) is 5.67. The lowest BCUT2D eigenvalue weighted by atomic mass is 10.2. The van der Waals surface area contributed by atoms with Crippen LogP contribution in [0.3, 0.4) is 0 Å². The Kier molecular flexibility index (Phi) is 6.63. The number of rotatable bonds is 6. The molecule has 28 heavy (non-hydrogen) atoms. The van der Waals surface area contributed by atoms with E-state index < -0.39 is 11.9 Å². The van der Waals surface area contributed by atoms with E-state index in [1.807, 2.05) is 42.6 Å². The normalized spacial score (nSPS) is 12.2. The topological polar surface area (TPSA) is 62.2 Å². The highest BCUT2D eigenvalue weighted by atomic mass is 32.1. The predicted molar refractivity (Wildman–Crippen MR) is 106 cm³/mol. The first-order valence-electron chi connectivity index (χ1n) is 8.49. The SMILES string of the molecule is CCNC(=NCc1nc(C(F)(F)F)cs1)NCc1nc(-c2ccccc2)cs1. The fraction of sp³-hybridized carbons (Fsp3) is 0.278. The molecule has 5 nitrogen and oxygen atoms in total. The number of benzene rings is 1. The molecule has 0 fully saturated rings. The van der Waals surface area contributed by atoms with Gasteiger partial charge in [-0.2, -0.15) is 13.2 Å². The summed E-state index contributed by atoms with van der Waals surface area (Å²) in [6.07, 6.45) is -4.43. The van der Waals surface area contributed by atoms with Gasteiger partial charge in [0, 0.05) is 22.9 Å².